The Labute approximate surface area is 230 Å². The minimum atomic E-state index is -1.00. The molecule has 40 heavy (non-hydrogen) atoms. The standard InChI is InChI=1S/C30H30FN5O4/c1-3-7-26-24(12-19-11-10-18(13-25(19)31)23-9-6-5-8-20(23)16-32)28(37)35(30-33-17-34-36(26)30)21-14-22(15-21)40-27(4-2)29(38)39/h5-6,8-11,13,17,21-22,27H,3-4,7,12,14-15H2,1-2H3,(H,38,39)/t21-,22+,27?. The van der Waals surface area contributed by atoms with Crippen molar-refractivity contribution < 1.29 is 19.0 Å². The number of nitriles is 1. The first-order valence-electron chi connectivity index (χ1n) is 13.5. The van der Waals surface area contributed by atoms with Gasteiger partial charge in [0.1, 0.15) is 12.1 Å². The summed E-state index contributed by atoms with van der Waals surface area (Å²) >= 11 is 0. The minimum Gasteiger partial charge on any atom is -0.479 e. The summed E-state index contributed by atoms with van der Waals surface area (Å²) in [5, 5.41) is 23.2. The van der Waals surface area contributed by atoms with Crippen molar-refractivity contribution >= 4 is 11.7 Å². The molecule has 10 heteroatoms. The summed E-state index contributed by atoms with van der Waals surface area (Å²) in [6.45, 7) is 3.76. The molecule has 1 N–H and O–H groups in total. The molecule has 9 nitrogen and oxygen atoms in total. The number of ether oxygens (including phenoxy) is 1. The number of hydrogen-bond acceptors (Lipinski definition) is 6. The lowest BCUT2D eigenvalue weighted by molar-refractivity contribution is -0.160. The van der Waals surface area contributed by atoms with Crippen LogP contribution in [0.25, 0.3) is 16.9 Å². The van der Waals surface area contributed by atoms with Gasteiger partial charge < -0.3 is 9.84 Å². The largest absolute Gasteiger partial charge is 0.479 e. The summed E-state index contributed by atoms with van der Waals surface area (Å²) in [5.74, 6) is -1.05. The van der Waals surface area contributed by atoms with Gasteiger partial charge in [-0.15, -0.1) is 0 Å². The van der Waals surface area contributed by atoms with Gasteiger partial charge in [0.2, 0.25) is 5.78 Å². The molecule has 5 rings (SSSR count). The van der Waals surface area contributed by atoms with Crippen molar-refractivity contribution in [1.29, 1.82) is 5.26 Å². The molecule has 1 aliphatic carbocycles. The van der Waals surface area contributed by atoms with Crippen LogP contribution in [0.1, 0.15) is 68.0 Å². The number of fused-ring (bicyclic) bond motifs is 1. The van der Waals surface area contributed by atoms with E-state index in [2.05, 4.69) is 16.2 Å². The summed E-state index contributed by atoms with van der Waals surface area (Å²) < 4.78 is 24.5. The van der Waals surface area contributed by atoms with E-state index in [0.717, 1.165) is 6.42 Å². The lowest BCUT2D eigenvalue weighted by Gasteiger charge is -2.37. The van der Waals surface area contributed by atoms with Gasteiger partial charge in [-0.2, -0.15) is 15.3 Å². The maximum Gasteiger partial charge on any atom is 0.332 e. The Bertz CT molecular complexity index is 1670. The maximum absolute atomic E-state index is 15.5. The highest BCUT2D eigenvalue weighted by molar-refractivity contribution is 5.72. The van der Waals surface area contributed by atoms with Gasteiger partial charge in [-0.1, -0.05) is 50.6 Å². The predicted octanol–water partition coefficient (Wildman–Crippen LogP) is 4.70. The molecular formula is C30H30FN5O4. The normalized spacial score (nSPS) is 17.4. The average Bonchev–Trinajstić information content (AvgIpc) is 3.41. The zero-order chi connectivity index (χ0) is 28.4. The lowest BCUT2D eigenvalue weighted by atomic mass is 9.88. The number of benzene rings is 2. The van der Waals surface area contributed by atoms with Crippen molar-refractivity contribution in [2.24, 2.45) is 0 Å². The molecule has 4 aromatic rings. The molecule has 0 amide bonds. The molecule has 2 aromatic heterocycles. The molecule has 0 bridgehead atoms. The Morgan fingerprint density at radius 2 is 2.02 bits per heavy atom. The summed E-state index contributed by atoms with van der Waals surface area (Å²) in [7, 11) is 0. The van der Waals surface area contributed by atoms with Crippen molar-refractivity contribution in [3.63, 3.8) is 0 Å². The average molecular weight is 544 g/mol. The van der Waals surface area contributed by atoms with Crippen LogP contribution in [0.3, 0.4) is 0 Å². The van der Waals surface area contributed by atoms with Gasteiger partial charge in [0.05, 0.1) is 23.4 Å². The second kappa shape index (κ2) is 11.4. The van der Waals surface area contributed by atoms with Gasteiger partial charge in [-0.05, 0) is 54.5 Å². The summed E-state index contributed by atoms with van der Waals surface area (Å²) in [5.41, 5.74) is 2.93. The number of aliphatic carboxylic acids is 1. The molecule has 0 radical (unpaired) electrons. The van der Waals surface area contributed by atoms with Gasteiger partial charge in [0.15, 0.2) is 6.10 Å². The monoisotopic (exact) mass is 543 g/mol. The third kappa shape index (κ3) is 5.00. The van der Waals surface area contributed by atoms with Crippen molar-refractivity contribution in [1.82, 2.24) is 19.2 Å². The van der Waals surface area contributed by atoms with Crippen molar-refractivity contribution in [3.05, 3.63) is 87.3 Å². The zero-order valence-electron chi connectivity index (χ0n) is 22.4. The van der Waals surface area contributed by atoms with E-state index in [1.807, 2.05) is 6.92 Å². The van der Waals surface area contributed by atoms with Crippen LogP contribution in [0.2, 0.25) is 0 Å². The van der Waals surface area contributed by atoms with E-state index in [9.17, 15) is 20.0 Å². The van der Waals surface area contributed by atoms with E-state index in [0.29, 0.717) is 65.0 Å². The quantitative estimate of drug-likeness (QED) is 0.308. The van der Waals surface area contributed by atoms with Crippen molar-refractivity contribution in [2.75, 3.05) is 0 Å². The SMILES string of the molecule is CCCc1c(Cc2ccc(-c3ccccc3C#N)cc2F)c(=O)n([C@H]2C[C@@H](OC(CC)C(=O)O)C2)c2ncnn12. The van der Waals surface area contributed by atoms with Crippen molar-refractivity contribution in [2.45, 2.75) is 70.6 Å². The van der Waals surface area contributed by atoms with Crippen LogP contribution in [0.5, 0.6) is 0 Å². The molecule has 1 fully saturated rings. The van der Waals surface area contributed by atoms with Gasteiger partial charge in [0.25, 0.3) is 5.56 Å². The van der Waals surface area contributed by atoms with Crippen LogP contribution in [-0.4, -0.2) is 42.4 Å². The van der Waals surface area contributed by atoms with E-state index in [4.69, 9.17) is 4.74 Å². The van der Waals surface area contributed by atoms with Crippen LogP contribution in [0.15, 0.2) is 53.6 Å². The summed E-state index contributed by atoms with van der Waals surface area (Å²) in [6, 6.07) is 13.8. The number of aryl methyl sites for hydroxylation is 1. The molecule has 2 heterocycles. The highest BCUT2D eigenvalue weighted by Crippen LogP contribution is 2.36. The first kappa shape index (κ1) is 27.2. The van der Waals surface area contributed by atoms with Gasteiger partial charge in [0, 0.05) is 18.0 Å². The fourth-order valence-electron chi connectivity index (χ4n) is 5.38. The van der Waals surface area contributed by atoms with Crippen molar-refractivity contribution in [3.8, 4) is 17.2 Å². The Morgan fingerprint density at radius 1 is 1.25 bits per heavy atom. The number of aromatic nitrogens is 4. The number of nitrogens with zero attached hydrogens (tertiary/aromatic N) is 5. The molecular weight excluding hydrogens is 513 g/mol. The fraction of sp³-hybridized carbons (Fsp3) is 0.367. The zero-order valence-corrected chi connectivity index (χ0v) is 22.4. The Balaban J connectivity index is 1.50. The van der Waals surface area contributed by atoms with Crippen LogP contribution < -0.4 is 5.56 Å². The maximum atomic E-state index is 15.5. The number of carboxylic acid groups (broad SMARTS) is 1. The summed E-state index contributed by atoms with van der Waals surface area (Å²) in [4.78, 5) is 29.7. The minimum absolute atomic E-state index is 0.0690. The van der Waals surface area contributed by atoms with Gasteiger partial charge in [-0.25, -0.2) is 13.7 Å². The molecule has 1 unspecified atom stereocenters. The topological polar surface area (TPSA) is 123 Å². The molecule has 1 saturated carbocycles. The Morgan fingerprint density at radius 3 is 2.70 bits per heavy atom. The van der Waals surface area contributed by atoms with E-state index in [-0.39, 0.29) is 24.1 Å². The van der Waals surface area contributed by atoms with Crippen LogP contribution in [-0.2, 0) is 22.4 Å². The fourth-order valence-corrected chi connectivity index (χ4v) is 5.38. The molecule has 0 saturated heterocycles. The number of carboxylic acids is 1. The molecule has 0 spiro atoms. The first-order chi connectivity index (χ1) is 19.4. The predicted molar refractivity (Wildman–Crippen MR) is 145 cm³/mol. The molecule has 0 aliphatic heterocycles. The van der Waals surface area contributed by atoms with Gasteiger partial charge >= 0.3 is 5.97 Å². The smallest absolute Gasteiger partial charge is 0.332 e. The second-order valence-corrected chi connectivity index (χ2v) is 10.1. The van der Waals surface area contributed by atoms with Crippen LogP contribution >= 0.6 is 0 Å². The highest BCUT2D eigenvalue weighted by Gasteiger charge is 2.37. The van der Waals surface area contributed by atoms with Crippen LogP contribution in [0.4, 0.5) is 4.39 Å². The number of halogens is 1. The van der Waals surface area contributed by atoms with E-state index in [1.165, 1.54) is 12.4 Å². The van der Waals surface area contributed by atoms with E-state index in [1.54, 1.807) is 52.4 Å². The van der Waals surface area contributed by atoms with Gasteiger partial charge in [-0.3, -0.25) is 9.36 Å². The Hall–Kier alpha value is -4.36. The lowest BCUT2D eigenvalue weighted by Crippen LogP contribution is -2.43. The first-order valence-corrected chi connectivity index (χ1v) is 13.5. The van der Waals surface area contributed by atoms with Crippen LogP contribution in [0, 0.1) is 17.1 Å². The Kier molecular flexibility index (Phi) is 7.76. The highest BCUT2D eigenvalue weighted by atomic mass is 19.1. The number of hydrogen-bond donors (Lipinski definition) is 1. The number of carbonyl (C=O) groups is 1. The number of rotatable bonds is 10. The molecule has 1 aliphatic rings. The molecule has 1 atom stereocenters. The molecule has 2 aromatic carbocycles. The third-order valence-corrected chi connectivity index (χ3v) is 7.53. The second-order valence-electron chi connectivity index (χ2n) is 10.1. The third-order valence-electron chi connectivity index (χ3n) is 7.53. The molecule has 206 valence electrons. The summed E-state index contributed by atoms with van der Waals surface area (Å²) in [6.07, 6.45) is 2.93. The van der Waals surface area contributed by atoms with E-state index >= 15 is 4.39 Å². The van der Waals surface area contributed by atoms with E-state index < -0.39 is 17.9 Å².